The Kier molecular flexibility index (Phi) is 5.43. The van der Waals surface area contributed by atoms with Crippen LogP contribution in [0.2, 0.25) is 0 Å². The molecule has 1 fully saturated rings. The molecule has 1 N–H and O–H groups in total. The van der Waals surface area contributed by atoms with Gasteiger partial charge in [0.15, 0.2) is 0 Å². The van der Waals surface area contributed by atoms with Crippen LogP contribution < -0.4 is 4.74 Å². The number of aliphatic hydroxyl groups excluding tert-OH is 1. The Morgan fingerprint density at radius 3 is 2.86 bits per heavy atom. The van der Waals surface area contributed by atoms with Gasteiger partial charge in [-0.1, -0.05) is 6.07 Å². The van der Waals surface area contributed by atoms with Crippen LogP contribution in [0, 0.1) is 0 Å². The van der Waals surface area contributed by atoms with Gasteiger partial charge in [0.2, 0.25) is 0 Å². The van der Waals surface area contributed by atoms with Gasteiger partial charge in [-0.25, -0.2) is 0 Å². The number of carbonyl (C=O) groups is 2. The number of ketones is 1. The summed E-state index contributed by atoms with van der Waals surface area (Å²) in [5.74, 6) is -0.484. The van der Waals surface area contributed by atoms with Crippen molar-refractivity contribution in [1.82, 2.24) is 9.80 Å². The van der Waals surface area contributed by atoms with Gasteiger partial charge >= 0.3 is 0 Å². The van der Waals surface area contributed by atoms with Crippen LogP contribution in [-0.2, 0) is 16.0 Å². The average molecular weight is 413 g/mol. The summed E-state index contributed by atoms with van der Waals surface area (Å²) in [7, 11) is 3.95. The Labute approximate surface area is 174 Å². The number of likely N-dealkylation sites (tertiary alicyclic amines) is 1. The summed E-state index contributed by atoms with van der Waals surface area (Å²) in [5.41, 5.74) is 1.71. The number of nitrogens with zero attached hydrogens (tertiary/aromatic N) is 2. The fourth-order valence-corrected chi connectivity index (χ4v) is 4.75. The summed E-state index contributed by atoms with van der Waals surface area (Å²) in [5, 5.41) is 13.0. The van der Waals surface area contributed by atoms with E-state index in [1.54, 1.807) is 11.0 Å². The third-order valence-corrected chi connectivity index (χ3v) is 6.24. The molecule has 0 saturated carbocycles. The van der Waals surface area contributed by atoms with Crippen molar-refractivity contribution in [2.45, 2.75) is 18.9 Å². The van der Waals surface area contributed by atoms with Crippen LogP contribution in [0.4, 0.5) is 0 Å². The average Bonchev–Trinajstić information content (AvgIpc) is 3.43. The fourth-order valence-electron chi connectivity index (χ4n) is 3.90. The highest BCUT2D eigenvalue weighted by Crippen LogP contribution is 2.41. The first-order chi connectivity index (χ1) is 14.0. The zero-order valence-electron chi connectivity index (χ0n) is 16.6. The second kappa shape index (κ2) is 8.00. The lowest BCUT2D eigenvalue weighted by molar-refractivity contribution is -0.139. The molecule has 2 aromatic rings. The standard InChI is InChI=1S/C22H24N2O4S/c1-23(2)9-4-10-24-19(17-5-3-12-29-17)18(21(26)22(24)27)20(25)15-6-7-16-14(13-15)8-11-28-16/h3,5-7,12-13,19,25H,4,8-11H2,1-2H3/b20-18-. The molecule has 0 bridgehead atoms. The van der Waals surface area contributed by atoms with Crippen molar-refractivity contribution < 1.29 is 19.4 Å². The van der Waals surface area contributed by atoms with Crippen molar-refractivity contribution in [1.29, 1.82) is 0 Å². The molecule has 1 aromatic carbocycles. The molecule has 1 amide bonds. The largest absolute Gasteiger partial charge is 0.507 e. The van der Waals surface area contributed by atoms with Crippen LogP contribution >= 0.6 is 11.3 Å². The molecule has 2 aliphatic heterocycles. The van der Waals surface area contributed by atoms with E-state index >= 15 is 0 Å². The highest BCUT2D eigenvalue weighted by Gasteiger charge is 2.46. The maximum atomic E-state index is 12.9. The summed E-state index contributed by atoms with van der Waals surface area (Å²) in [6.07, 6.45) is 1.52. The van der Waals surface area contributed by atoms with Gasteiger partial charge in [0.05, 0.1) is 18.2 Å². The van der Waals surface area contributed by atoms with Crippen LogP contribution in [0.25, 0.3) is 5.76 Å². The van der Waals surface area contributed by atoms with Gasteiger partial charge in [0, 0.05) is 23.4 Å². The number of Topliss-reactive ketones (excluding diaryl/α,β-unsaturated/α-hetero) is 1. The van der Waals surface area contributed by atoms with E-state index in [4.69, 9.17) is 4.74 Å². The molecule has 6 nitrogen and oxygen atoms in total. The Bertz CT molecular complexity index is 965. The number of rotatable bonds is 6. The molecule has 1 unspecified atom stereocenters. The van der Waals surface area contributed by atoms with E-state index < -0.39 is 17.7 Å². The van der Waals surface area contributed by atoms with Crippen molar-refractivity contribution in [3.63, 3.8) is 0 Å². The van der Waals surface area contributed by atoms with Crippen LogP contribution in [0.15, 0.2) is 41.3 Å². The Balaban J connectivity index is 1.74. The molecule has 152 valence electrons. The van der Waals surface area contributed by atoms with Crippen molar-refractivity contribution in [2.75, 3.05) is 33.8 Å². The Hall–Kier alpha value is -2.64. The minimum atomic E-state index is -0.623. The predicted octanol–water partition coefficient (Wildman–Crippen LogP) is 3.06. The van der Waals surface area contributed by atoms with Crippen LogP contribution in [0.1, 0.15) is 28.5 Å². The molecule has 0 radical (unpaired) electrons. The molecular weight excluding hydrogens is 388 g/mol. The Morgan fingerprint density at radius 2 is 2.14 bits per heavy atom. The molecular formula is C22H24N2O4S. The van der Waals surface area contributed by atoms with E-state index in [9.17, 15) is 14.7 Å². The molecule has 1 saturated heterocycles. The monoisotopic (exact) mass is 412 g/mol. The summed E-state index contributed by atoms with van der Waals surface area (Å²) < 4.78 is 5.53. The third-order valence-electron chi connectivity index (χ3n) is 5.32. The normalized spacial score (nSPS) is 20.4. The van der Waals surface area contributed by atoms with Crippen LogP contribution in [0.3, 0.4) is 0 Å². The van der Waals surface area contributed by atoms with E-state index in [0.29, 0.717) is 18.7 Å². The van der Waals surface area contributed by atoms with Crippen molar-refractivity contribution in [2.24, 2.45) is 0 Å². The van der Waals surface area contributed by atoms with Gasteiger partial charge in [-0.2, -0.15) is 0 Å². The third kappa shape index (κ3) is 3.68. The molecule has 0 spiro atoms. The van der Waals surface area contributed by atoms with Crippen LogP contribution in [-0.4, -0.2) is 60.4 Å². The van der Waals surface area contributed by atoms with Gasteiger partial charge in [-0.3, -0.25) is 9.59 Å². The summed E-state index contributed by atoms with van der Waals surface area (Å²) in [6, 6.07) is 8.65. The molecule has 1 atom stereocenters. The number of benzene rings is 1. The second-order valence-corrected chi connectivity index (χ2v) is 8.56. The van der Waals surface area contributed by atoms with Crippen molar-refractivity contribution in [3.8, 4) is 5.75 Å². The first kappa shape index (κ1) is 19.7. The number of hydrogen-bond donors (Lipinski definition) is 1. The zero-order valence-corrected chi connectivity index (χ0v) is 17.4. The van der Waals surface area contributed by atoms with Crippen molar-refractivity contribution >= 4 is 28.8 Å². The number of thiophene rings is 1. The van der Waals surface area contributed by atoms with Crippen molar-refractivity contribution in [3.05, 3.63) is 57.3 Å². The van der Waals surface area contributed by atoms with E-state index in [0.717, 1.165) is 35.6 Å². The SMILES string of the molecule is CN(C)CCCN1C(=O)C(=O)/C(=C(\O)c2ccc3c(c2)CCO3)C1c1cccs1. The Morgan fingerprint density at radius 1 is 1.31 bits per heavy atom. The minimum absolute atomic E-state index is 0.119. The maximum Gasteiger partial charge on any atom is 0.295 e. The molecule has 29 heavy (non-hydrogen) atoms. The summed E-state index contributed by atoms with van der Waals surface area (Å²) >= 11 is 1.48. The highest BCUT2D eigenvalue weighted by atomic mass is 32.1. The maximum absolute atomic E-state index is 12.9. The quantitative estimate of drug-likeness (QED) is 0.449. The molecule has 0 aliphatic carbocycles. The number of hydrogen-bond acceptors (Lipinski definition) is 6. The predicted molar refractivity (Wildman–Crippen MR) is 112 cm³/mol. The van der Waals surface area contributed by atoms with E-state index in [1.807, 2.05) is 48.6 Å². The number of fused-ring (bicyclic) bond motifs is 1. The highest BCUT2D eigenvalue weighted by molar-refractivity contribution is 7.10. The van der Waals surface area contributed by atoms with Gasteiger partial charge in [-0.05, 0) is 62.3 Å². The fraction of sp³-hybridized carbons (Fsp3) is 0.364. The van der Waals surface area contributed by atoms with Gasteiger partial charge in [-0.15, -0.1) is 11.3 Å². The minimum Gasteiger partial charge on any atom is -0.507 e. The van der Waals surface area contributed by atoms with Crippen LogP contribution in [0.5, 0.6) is 5.75 Å². The number of aliphatic hydroxyl groups is 1. The van der Waals surface area contributed by atoms with E-state index in [2.05, 4.69) is 0 Å². The second-order valence-electron chi connectivity index (χ2n) is 7.59. The van der Waals surface area contributed by atoms with Gasteiger partial charge in [0.1, 0.15) is 11.5 Å². The lowest BCUT2D eigenvalue weighted by Crippen LogP contribution is -2.32. The summed E-state index contributed by atoms with van der Waals surface area (Å²) in [4.78, 5) is 30.3. The van der Waals surface area contributed by atoms with E-state index in [1.165, 1.54) is 11.3 Å². The topological polar surface area (TPSA) is 70.1 Å². The molecule has 1 aromatic heterocycles. The lowest BCUT2D eigenvalue weighted by Gasteiger charge is -2.24. The molecule has 7 heteroatoms. The smallest absolute Gasteiger partial charge is 0.295 e. The first-order valence-corrected chi connectivity index (χ1v) is 10.6. The molecule has 2 aliphatic rings. The summed E-state index contributed by atoms with van der Waals surface area (Å²) in [6.45, 7) is 1.89. The van der Waals surface area contributed by atoms with E-state index in [-0.39, 0.29) is 11.3 Å². The van der Waals surface area contributed by atoms with Gasteiger partial charge < -0.3 is 19.6 Å². The molecule has 3 heterocycles. The molecule has 4 rings (SSSR count). The lowest BCUT2D eigenvalue weighted by atomic mass is 9.98. The number of carbonyl (C=O) groups excluding carboxylic acids is 2. The number of amides is 1. The number of ether oxygens (including phenoxy) is 1. The first-order valence-electron chi connectivity index (χ1n) is 9.70. The van der Waals surface area contributed by atoms with Gasteiger partial charge in [0.25, 0.3) is 11.7 Å². The zero-order chi connectivity index (χ0) is 20.5.